The van der Waals surface area contributed by atoms with Crippen molar-refractivity contribution in [2.75, 3.05) is 11.9 Å². The summed E-state index contributed by atoms with van der Waals surface area (Å²) in [6, 6.07) is 8.00. The normalized spacial score (nSPS) is 18.8. The van der Waals surface area contributed by atoms with Crippen LogP contribution in [-0.2, 0) is 12.8 Å². The first-order valence-corrected chi connectivity index (χ1v) is 10.3. The Morgan fingerprint density at radius 1 is 1.45 bits per heavy atom. The SMILES string of the molecule is CCc1cc2nc(N[C@H](C)c3cc(Br)cc4c3OC(C)(CN=[N+]=[N-])C4)ccn2n1. The zero-order valence-electron chi connectivity index (χ0n) is 16.6. The highest BCUT2D eigenvalue weighted by Gasteiger charge is 2.36. The van der Waals surface area contributed by atoms with Crippen LogP contribution in [0.15, 0.2) is 40.0 Å². The lowest BCUT2D eigenvalue weighted by Gasteiger charge is -2.23. The lowest BCUT2D eigenvalue weighted by Crippen LogP contribution is -2.33. The molecule has 0 fully saturated rings. The van der Waals surface area contributed by atoms with Crippen LogP contribution in [0.5, 0.6) is 5.75 Å². The van der Waals surface area contributed by atoms with Crippen LogP contribution in [0.3, 0.4) is 0 Å². The number of azide groups is 1. The third-order valence-corrected chi connectivity index (χ3v) is 5.57. The smallest absolute Gasteiger partial charge is 0.157 e. The number of halogens is 1. The molecule has 8 nitrogen and oxygen atoms in total. The largest absolute Gasteiger partial charge is 0.486 e. The van der Waals surface area contributed by atoms with Gasteiger partial charge in [0.15, 0.2) is 5.65 Å². The molecule has 1 aliphatic rings. The summed E-state index contributed by atoms with van der Waals surface area (Å²) in [5.74, 6) is 1.62. The van der Waals surface area contributed by atoms with Crippen molar-refractivity contribution in [3.8, 4) is 5.75 Å². The van der Waals surface area contributed by atoms with Crippen LogP contribution in [0.25, 0.3) is 16.1 Å². The van der Waals surface area contributed by atoms with Gasteiger partial charge in [-0.1, -0.05) is 28.0 Å². The van der Waals surface area contributed by atoms with Gasteiger partial charge in [-0.3, -0.25) is 0 Å². The van der Waals surface area contributed by atoms with Gasteiger partial charge in [-0.05, 0) is 49.6 Å². The van der Waals surface area contributed by atoms with Crippen molar-refractivity contribution in [1.82, 2.24) is 14.6 Å². The third kappa shape index (κ3) is 3.88. The van der Waals surface area contributed by atoms with E-state index in [9.17, 15) is 0 Å². The Morgan fingerprint density at radius 2 is 2.28 bits per heavy atom. The van der Waals surface area contributed by atoms with Crippen molar-refractivity contribution in [2.24, 2.45) is 5.11 Å². The molecule has 0 radical (unpaired) electrons. The minimum absolute atomic E-state index is 0.0356. The van der Waals surface area contributed by atoms with Crippen molar-refractivity contribution in [3.05, 3.63) is 62.2 Å². The predicted molar refractivity (Wildman–Crippen MR) is 115 cm³/mol. The zero-order valence-corrected chi connectivity index (χ0v) is 18.1. The average molecular weight is 456 g/mol. The fraction of sp³-hybridized carbons (Fsp3) is 0.400. The van der Waals surface area contributed by atoms with Gasteiger partial charge in [-0.25, -0.2) is 9.50 Å². The van der Waals surface area contributed by atoms with Crippen LogP contribution >= 0.6 is 15.9 Å². The Balaban J connectivity index is 1.61. The van der Waals surface area contributed by atoms with E-state index in [1.807, 2.05) is 25.3 Å². The van der Waals surface area contributed by atoms with Crippen molar-refractivity contribution < 1.29 is 4.74 Å². The van der Waals surface area contributed by atoms with E-state index in [0.29, 0.717) is 6.42 Å². The van der Waals surface area contributed by atoms with E-state index in [4.69, 9.17) is 10.3 Å². The predicted octanol–water partition coefficient (Wildman–Crippen LogP) is 5.23. The number of aromatic nitrogens is 3. The van der Waals surface area contributed by atoms with Crippen LogP contribution < -0.4 is 10.1 Å². The van der Waals surface area contributed by atoms with Crippen LogP contribution in [0, 0.1) is 0 Å². The molecule has 0 saturated heterocycles. The molecule has 1 aliphatic heterocycles. The van der Waals surface area contributed by atoms with E-state index in [1.165, 1.54) is 0 Å². The second-order valence-electron chi connectivity index (χ2n) is 7.57. The maximum Gasteiger partial charge on any atom is 0.157 e. The van der Waals surface area contributed by atoms with Crippen LogP contribution in [-0.4, -0.2) is 26.7 Å². The number of hydrogen-bond donors (Lipinski definition) is 1. The van der Waals surface area contributed by atoms with Gasteiger partial charge in [0.1, 0.15) is 17.2 Å². The number of rotatable bonds is 6. The van der Waals surface area contributed by atoms with Gasteiger partial charge in [-0.15, -0.1) is 0 Å². The van der Waals surface area contributed by atoms with E-state index >= 15 is 0 Å². The van der Waals surface area contributed by atoms with Gasteiger partial charge in [0.2, 0.25) is 0 Å². The maximum absolute atomic E-state index is 8.67. The summed E-state index contributed by atoms with van der Waals surface area (Å²) in [6.07, 6.45) is 3.48. The first-order chi connectivity index (χ1) is 13.9. The molecule has 3 heterocycles. The molecule has 29 heavy (non-hydrogen) atoms. The van der Waals surface area contributed by atoms with Crippen molar-refractivity contribution >= 4 is 27.4 Å². The number of hydrogen-bond acceptors (Lipinski definition) is 5. The second-order valence-corrected chi connectivity index (χ2v) is 8.49. The second kappa shape index (κ2) is 7.57. The van der Waals surface area contributed by atoms with Crippen molar-refractivity contribution in [1.29, 1.82) is 0 Å². The summed E-state index contributed by atoms with van der Waals surface area (Å²) >= 11 is 3.61. The number of ether oxygens (including phenoxy) is 1. The molecule has 0 amide bonds. The molecule has 2 atom stereocenters. The molecule has 9 heteroatoms. The average Bonchev–Trinajstić information content (AvgIpc) is 3.25. The Bertz CT molecular complexity index is 1120. The number of nitrogens with one attached hydrogen (secondary N) is 1. The lowest BCUT2D eigenvalue weighted by molar-refractivity contribution is 0.124. The molecular weight excluding hydrogens is 434 g/mol. The fourth-order valence-corrected chi connectivity index (χ4v) is 4.21. The molecule has 0 saturated carbocycles. The highest BCUT2D eigenvalue weighted by molar-refractivity contribution is 9.10. The molecule has 2 aromatic heterocycles. The van der Waals surface area contributed by atoms with Gasteiger partial charge in [0.25, 0.3) is 0 Å². The lowest BCUT2D eigenvalue weighted by atomic mass is 9.97. The van der Waals surface area contributed by atoms with Gasteiger partial charge in [0.05, 0.1) is 18.3 Å². The molecule has 3 aromatic rings. The van der Waals surface area contributed by atoms with E-state index < -0.39 is 5.60 Å². The minimum atomic E-state index is -0.533. The molecule has 0 aliphatic carbocycles. The number of anilines is 1. The monoisotopic (exact) mass is 455 g/mol. The molecule has 1 unspecified atom stereocenters. The first-order valence-electron chi connectivity index (χ1n) is 9.55. The van der Waals surface area contributed by atoms with Gasteiger partial charge < -0.3 is 10.1 Å². The van der Waals surface area contributed by atoms with E-state index in [2.05, 4.69) is 67.3 Å². The van der Waals surface area contributed by atoms with Gasteiger partial charge >= 0.3 is 0 Å². The molecule has 0 spiro atoms. The molecule has 0 bridgehead atoms. The van der Waals surface area contributed by atoms with E-state index in [0.717, 1.165) is 44.9 Å². The summed E-state index contributed by atoms with van der Waals surface area (Å²) in [6.45, 7) is 6.41. The topological polar surface area (TPSA) is 100 Å². The highest BCUT2D eigenvalue weighted by atomic mass is 79.9. The number of nitrogens with zero attached hydrogens (tertiary/aromatic N) is 6. The molecule has 1 N–H and O–H groups in total. The van der Waals surface area contributed by atoms with E-state index in [1.54, 1.807) is 4.52 Å². The van der Waals surface area contributed by atoms with Gasteiger partial charge in [0, 0.05) is 33.6 Å². The van der Waals surface area contributed by atoms with Crippen molar-refractivity contribution in [3.63, 3.8) is 0 Å². The van der Waals surface area contributed by atoms with Crippen LogP contribution in [0.1, 0.15) is 43.6 Å². The Kier molecular flexibility index (Phi) is 5.10. The van der Waals surface area contributed by atoms with Crippen molar-refractivity contribution in [2.45, 2.75) is 45.3 Å². The summed E-state index contributed by atoms with van der Waals surface area (Å²) in [5, 5.41) is 11.7. The standard InChI is InChI=1S/C20H22BrN7O/c1-4-15-9-18-25-17(5-6-28(18)26-15)24-12(2)16-8-14(21)7-13-10-20(3,11-23-27-22)29-19(13)16/h5-9,12H,4,10-11H2,1-3H3,(H,24,25)/t12-,20?/m1/s1. The molecule has 150 valence electrons. The minimum Gasteiger partial charge on any atom is -0.486 e. The fourth-order valence-electron chi connectivity index (χ4n) is 3.69. The summed E-state index contributed by atoms with van der Waals surface area (Å²) in [5.41, 5.74) is 12.1. The summed E-state index contributed by atoms with van der Waals surface area (Å²) in [4.78, 5) is 7.55. The Morgan fingerprint density at radius 3 is 3.03 bits per heavy atom. The third-order valence-electron chi connectivity index (χ3n) is 5.11. The number of aryl methyl sites for hydroxylation is 1. The number of fused-ring (bicyclic) bond motifs is 2. The van der Waals surface area contributed by atoms with Crippen LogP contribution in [0.4, 0.5) is 5.82 Å². The Hall–Kier alpha value is -2.77. The summed E-state index contributed by atoms with van der Waals surface area (Å²) in [7, 11) is 0. The Labute approximate surface area is 177 Å². The van der Waals surface area contributed by atoms with E-state index in [-0.39, 0.29) is 12.6 Å². The first kappa shape index (κ1) is 19.5. The van der Waals surface area contributed by atoms with Gasteiger partial charge in [-0.2, -0.15) is 5.10 Å². The summed E-state index contributed by atoms with van der Waals surface area (Å²) < 4.78 is 9.05. The quantitative estimate of drug-likeness (QED) is 0.312. The zero-order chi connectivity index (χ0) is 20.6. The number of benzene rings is 1. The maximum atomic E-state index is 8.67. The molecular formula is C20H22BrN7O. The highest BCUT2D eigenvalue weighted by Crippen LogP contribution is 2.42. The molecule has 4 rings (SSSR count). The van der Waals surface area contributed by atoms with Crippen LogP contribution in [0.2, 0.25) is 0 Å². The molecule has 1 aromatic carbocycles.